The van der Waals surface area contributed by atoms with Crippen LogP contribution in [0.2, 0.25) is 0 Å². The molecule has 1 aromatic carbocycles. The third-order valence-corrected chi connectivity index (χ3v) is 6.50. The summed E-state index contributed by atoms with van der Waals surface area (Å²) in [4.78, 5) is 41.0. The number of nitrogens with one attached hydrogen (secondary N) is 2. The molecular weight excluding hydrogens is 426 g/mol. The summed E-state index contributed by atoms with van der Waals surface area (Å²) in [7, 11) is 1.55. The molecule has 1 saturated heterocycles. The van der Waals surface area contributed by atoms with Gasteiger partial charge in [0.2, 0.25) is 5.91 Å². The number of ether oxygens (including phenoxy) is 1. The van der Waals surface area contributed by atoms with Crippen LogP contribution in [0.1, 0.15) is 46.7 Å². The van der Waals surface area contributed by atoms with Crippen molar-refractivity contribution in [1.29, 1.82) is 0 Å². The highest BCUT2D eigenvalue weighted by atomic mass is 32.1. The third-order valence-electron chi connectivity index (χ3n) is 5.63. The van der Waals surface area contributed by atoms with Crippen LogP contribution >= 0.6 is 11.3 Å². The van der Waals surface area contributed by atoms with Crippen molar-refractivity contribution in [2.24, 2.45) is 11.8 Å². The summed E-state index contributed by atoms with van der Waals surface area (Å²) in [5.41, 5.74) is 0.533. The first-order chi connectivity index (χ1) is 15.4. The molecule has 32 heavy (non-hydrogen) atoms. The van der Waals surface area contributed by atoms with Gasteiger partial charge in [0.25, 0.3) is 11.8 Å². The van der Waals surface area contributed by atoms with Crippen molar-refractivity contribution in [2.45, 2.75) is 32.7 Å². The highest BCUT2D eigenvalue weighted by Crippen LogP contribution is 2.26. The van der Waals surface area contributed by atoms with Gasteiger partial charge in [-0.1, -0.05) is 32.0 Å². The van der Waals surface area contributed by atoms with Gasteiger partial charge in [0.1, 0.15) is 11.8 Å². The predicted molar refractivity (Wildman–Crippen MR) is 125 cm³/mol. The molecule has 0 bridgehead atoms. The Hall–Kier alpha value is -2.87. The van der Waals surface area contributed by atoms with E-state index in [1.807, 2.05) is 37.4 Å². The summed E-state index contributed by atoms with van der Waals surface area (Å²) in [6.45, 7) is 5.65. The smallest absolute Gasteiger partial charge is 0.262 e. The van der Waals surface area contributed by atoms with Crippen LogP contribution in [-0.2, 0) is 4.79 Å². The van der Waals surface area contributed by atoms with Crippen LogP contribution in [-0.4, -0.2) is 55.4 Å². The van der Waals surface area contributed by atoms with Gasteiger partial charge >= 0.3 is 0 Å². The molecule has 2 aromatic rings. The van der Waals surface area contributed by atoms with Gasteiger partial charge in [0, 0.05) is 19.6 Å². The maximum Gasteiger partial charge on any atom is 0.262 e. The molecule has 3 amide bonds. The fourth-order valence-electron chi connectivity index (χ4n) is 3.86. The van der Waals surface area contributed by atoms with Crippen LogP contribution in [0.3, 0.4) is 0 Å². The van der Waals surface area contributed by atoms with E-state index in [4.69, 9.17) is 4.74 Å². The van der Waals surface area contributed by atoms with Crippen LogP contribution in [0.15, 0.2) is 41.8 Å². The molecule has 1 fully saturated rings. The number of nitrogens with zero attached hydrogens (tertiary/aromatic N) is 1. The molecule has 1 aliphatic rings. The zero-order chi connectivity index (χ0) is 23.1. The number of para-hydroxylation sites is 1. The van der Waals surface area contributed by atoms with Crippen LogP contribution in [0.4, 0.5) is 0 Å². The number of rotatable bonds is 8. The minimum Gasteiger partial charge on any atom is -0.496 e. The number of hydrogen-bond donors (Lipinski definition) is 2. The van der Waals surface area contributed by atoms with Crippen molar-refractivity contribution in [2.75, 3.05) is 26.7 Å². The number of thiophene rings is 1. The lowest BCUT2D eigenvalue weighted by Crippen LogP contribution is -2.54. The van der Waals surface area contributed by atoms with E-state index >= 15 is 0 Å². The third kappa shape index (κ3) is 5.88. The van der Waals surface area contributed by atoms with E-state index in [0.717, 1.165) is 0 Å². The van der Waals surface area contributed by atoms with Gasteiger partial charge in [-0.25, -0.2) is 0 Å². The molecule has 1 aromatic heterocycles. The molecule has 1 unspecified atom stereocenters. The zero-order valence-corrected chi connectivity index (χ0v) is 19.6. The zero-order valence-electron chi connectivity index (χ0n) is 18.8. The average molecular weight is 458 g/mol. The molecule has 1 aliphatic heterocycles. The van der Waals surface area contributed by atoms with Crippen molar-refractivity contribution in [3.8, 4) is 5.75 Å². The quantitative estimate of drug-likeness (QED) is 0.637. The maximum absolute atomic E-state index is 13.0. The standard InChI is InChI=1S/C24H31N3O4S/c1-16(2)15-25-23(29)21(26-22(28)20-9-6-14-32-20)17-10-12-27(13-11-17)24(30)18-7-4-5-8-19(18)31-3/h4-9,14,16-17,21H,10-13,15H2,1-3H3,(H,25,29)(H,26,28). The Bertz CT molecular complexity index is 921. The molecule has 2 N–H and O–H groups in total. The number of likely N-dealkylation sites (tertiary alicyclic amines) is 1. The minimum atomic E-state index is -0.633. The Morgan fingerprint density at radius 2 is 1.84 bits per heavy atom. The molecule has 0 saturated carbocycles. The lowest BCUT2D eigenvalue weighted by molar-refractivity contribution is -0.124. The highest BCUT2D eigenvalue weighted by Gasteiger charge is 2.34. The molecule has 1 atom stereocenters. The summed E-state index contributed by atoms with van der Waals surface area (Å²) < 4.78 is 5.33. The summed E-state index contributed by atoms with van der Waals surface area (Å²) >= 11 is 1.35. The number of piperidine rings is 1. The van der Waals surface area contributed by atoms with Gasteiger partial charge in [-0.3, -0.25) is 14.4 Å². The first kappa shape index (κ1) is 23.8. The summed E-state index contributed by atoms with van der Waals surface area (Å²) in [6.07, 6.45) is 1.26. The molecular formula is C24H31N3O4S. The van der Waals surface area contributed by atoms with Gasteiger partial charge in [-0.15, -0.1) is 11.3 Å². The number of benzene rings is 1. The van der Waals surface area contributed by atoms with Gasteiger partial charge in [-0.2, -0.15) is 0 Å². The van der Waals surface area contributed by atoms with Gasteiger partial charge in [0.15, 0.2) is 0 Å². The predicted octanol–water partition coefficient (Wildman–Crippen LogP) is 3.18. The first-order valence-corrected chi connectivity index (χ1v) is 11.8. The fraction of sp³-hybridized carbons (Fsp3) is 0.458. The Labute approximate surface area is 193 Å². The topological polar surface area (TPSA) is 87.7 Å². The average Bonchev–Trinajstić information content (AvgIpc) is 3.35. The number of carbonyl (C=O) groups is 3. The molecule has 2 heterocycles. The molecule has 7 nitrogen and oxygen atoms in total. The Balaban J connectivity index is 1.68. The molecule has 0 spiro atoms. The van der Waals surface area contributed by atoms with E-state index in [2.05, 4.69) is 10.6 Å². The SMILES string of the molecule is COc1ccccc1C(=O)N1CCC(C(NC(=O)c2cccs2)C(=O)NCC(C)C)CC1. The summed E-state index contributed by atoms with van der Waals surface area (Å²) in [5.74, 6) is 0.328. The van der Waals surface area contributed by atoms with Crippen molar-refractivity contribution in [3.63, 3.8) is 0 Å². The second kappa shape index (κ2) is 11.1. The van der Waals surface area contributed by atoms with E-state index in [9.17, 15) is 14.4 Å². The van der Waals surface area contributed by atoms with E-state index < -0.39 is 6.04 Å². The van der Waals surface area contributed by atoms with Crippen LogP contribution in [0.5, 0.6) is 5.75 Å². The number of carbonyl (C=O) groups excluding carboxylic acids is 3. The van der Waals surface area contributed by atoms with E-state index in [1.54, 1.807) is 30.2 Å². The Morgan fingerprint density at radius 1 is 1.12 bits per heavy atom. The fourth-order valence-corrected chi connectivity index (χ4v) is 4.49. The van der Waals surface area contributed by atoms with Gasteiger partial charge in [-0.05, 0) is 48.3 Å². The van der Waals surface area contributed by atoms with Crippen molar-refractivity contribution in [3.05, 3.63) is 52.2 Å². The Morgan fingerprint density at radius 3 is 2.47 bits per heavy atom. The normalized spacial score (nSPS) is 15.3. The second-order valence-corrected chi connectivity index (χ2v) is 9.35. The van der Waals surface area contributed by atoms with Crippen molar-refractivity contribution in [1.82, 2.24) is 15.5 Å². The van der Waals surface area contributed by atoms with E-state index in [1.165, 1.54) is 11.3 Å². The maximum atomic E-state index is 13.0. The lowest BCUT2D eigenvalue weighted by atomic mass is 9.88. The Kier molecular flexibility index (Phi) is 8.27. The number of hydrogen-bond acceptors (Lipinski definition) is 5. The molecule has 172 valence electrons. The lowest BCUT2D eigenvalue weighted by Gasteiger charge is -2.36. The largest absolute Gasteiger partial charge is 0.496 e. The summed E-state index contributed by atoms with van der Waals surface area (Å²) in [6, 6.07) is 10.1. The van der Waals surface area contributed by atoms with Crippen molar-refractivity contribution >= 4 is 29.1 Å². The highest BCUT2D eigenvalue weighted by molar-refractivity contribution is 7.12. The first-order valence-electron chi connectivity index (χ1n) is 10.9. The van der Waals surface area contributed by atoms with Crippen LogP contribution < -0.4 is 15.4 Å². The van der Waals surface area contributed by atoms with Gasteiger partial charge in [0.05, 0.1) is 17.6 Å². The molecule has 0 aliphatic carbocycles. The van der Waals surface area contributed by atoms with Crippen LogP contribution in [0.25, 0.3) is 0 Å². The molecule has 8 heteroatoms. The van der Waals surface area contributed by atoms with Crippen LogP contribution in [0, 0.1) is 11.8 Å². The second-order valence-electron chi connectivity index (χ2n) is 8.40. The van der Waals surface area contributed by atoms with Crippen molar-refractivity contribution < 1.29 is 19.1 Å². The molecule has 3 rings (SSSR count). The summed E-state index contributed by atoms with van der Waals surface area (Å²) in [5, 5.41) is 7.74. The number of amides is 3. The molecule has 0 radical (unpaired) electrons. The van der Waals surface area contributed by atoms with Gasteiger partial charge < -0.3 is 20.3 Å². The minimum absolute atomic E-state index is 0.0483. The van der Waals surface area contributed by atoms with E-state index in [-0.39, 0.29) is 23.6 Å². The van der Waals surface area contributed by atoms with E-state index in [0.29, 0.717) is 54.6 Å². The monoisotopic (exact) mass is 457 g/mol. The number of methoxy groups -OCH3 is 1.